The van der Waals surface area contributed by atoms with Crippen LogP contribution in [0.1, 0.15) is 19.8 Å². The summed E-state index contributed by atoms with van der Waals surface area (Å²) in [6.07, 6.45) is 1.81. The van der Waals surface area contributed by atoms with Gasteiger partial charge in [0.1, 0.15) is 5.92 Å². The number of aliphatic carboxylic acids is 1. The van der Waals surface area contributed by atoms with E-state index in [0.29, 0.717) is 6.54 Å². The zero-order valence-corrected chi connectivity index (χ0v) is 15.2. The van der Waals surface area contributed by atoms with E-state index in [1.165, 1.54) is 23.1 Å². The number of carbonyl (C=O) groups excluding carboxylic acids is 1. The molecular formula is C15H18CoN2O3S2. The van der Waals surface area contributed by atoms with E-state index in [0.717, 1.165) is 27.4 Å². The van der Waals surface area contributed by atoms with Gasteiger partial charge in [-0.15, -0.1) is 11.3 Å². The zero-order valence-electron chi connectivity index (χ0n) is 12.6. The second kappa shape index (κ2) is 9.91. The van der Waals surface area contributed by atoms with Crippen molar-refractivity contribution >= 4 is 45.2 Å². The van der Waals surface area contributed by atoms with E-state index < -0.39 is 17.8 Å². The molecule has 1 amide bonds. The average molecular weight is 397 g/mol. The van der Waals surface area contributed by atoms with Gasteiger partial charge in [-0.3, -0.25) is 9.59 Å². The standard InChI is InChI=1S/C15H18N2O3S2.Co/c1-2-3-8-16-13(18)10(14(19)20)9-21-15-17-11-6-4-5-7-12(11)22-15;/h4-7,10H,2-3,8-9H2,1H3,(H,16,18)(H,19,20);. The van der Waals surface area contributed by atoms with Crippen LogP contribution < -0.4 is 5.32 Å². The van der Waals surface area contributed by atoms with E-state index in [9.17, 15) is 14.7 Å². The Labute approximate surface area is 153 Å². The maximum atomic E-state index is 11.9. The molecule has 0 aliphatic carbocycles. The van der Waals surface area contributed by atoms with Crippen LogP contribution in [-0.2, 0) is 26.4 Å². The molecule has 8 heteroatoms. The number of nitrogens with zero attached hydrogens (tertiary/aromatic N) is 1. The predicted molar refractivity (Wildman–Crippen MR) is 89.4 cm³/mol. The summed E-state index contributed by atoms with van der Waals surface area (Å²) in [4.78, 5) is 27.6. The first kappa shape index (κ1) is 20.0. The maximum absolute atomic E-state index is 11.9. The van der Waals surface area contributed by atoms with Crippen molar-refractivity contribution < 1.29 is 31.5 Å². The number of carboxylic acids is 1. The van der Waals surface area contributed by atoms with Crippen LogP contribution >= 0.6 is 23.1 Å². The Morgan fingerprint density at radius 1 is 1.39 bits per heavy atom. The number of hydrogen-bond donors (Lipinski definition) is 2. The summed E-state index contributed by atoms with van der Waals surface area (Å²) in [7, 11) is 0. The first-order valence-electron chi connectivity index (χ1n) is 7.10. The van der Waals surface area contributed by atoms with Crippen molar-refractivity contribution in [3.8, 4) is 0 Å². The van der Waals surface area contributed by atoms with E-state index in [4.69, 9.17) is 0 Å². The van der Waals surface area contributed by atoms with Gasteiger partial charge in [0.2, 0.25) is 5.91 Å². The van der Waals surface area contributed by atoms with E-state index >= 15 is 0 Å². The molecule has 2 rings (SSSR count). The summed E-state index contributed by atoms with van der Waals surface area (Å²) in [6.45, 7) is 2.54. The molecule has 0 fully saturated rings. The van der Waals surface area contributed by atoms with Crippen molar-refractivity contribution in [2.24, 2.45) is 5.92 Å². The van der Waals surface area contributed by atoms with Crippen molar-refractivity contribution in [2.45, 2.75) is 24.1 Å². The number of para-hydroxylation sites is 1. The molecule has 0 saturated heterocycles. The molecule has 1 atom stereocenters. The van der Waals surface area contributed by atoms with Crippen LogP contribution in [0.3, 0.4) is 0 Å². The largest absolute Gasteiger partial charge is 0.481 e. The summed E-state index contributed by atoms with van der Waals surface area (Å²) in [5, 5.41) is 11.9. The Bertz CT molecular complexity index is 630. The minimum absolute atomic E-state index is 0. The minimum atomic E-state index is -1.09. The first-order chi connectivity index (χ1) is 10.6. The fourth-order valence-electron chi connectivity index (χ4n) is 1.84. The van der Waals surface area contributed by atoms with Gasteiger partial charge < -0.3 is 10.4 Å². The van der Waals surface area contributed by atoms with Gasteiger partial charge >= 0.3 is 5.97 Å². The predicted octanol–water partition coefficient (Wildman–Crippen LogP) is 3.00. The first-order valence-corrected chi connectivity index (χ1v) is 8.91. The number of thioether (sulfide) groups is 1. The third-order valence-electron chi connectivity index (χ3n) is 3.09. The molecule has 127 valence electrons. The smallest absolute Gasteiger partial charge is 0.316 e. The normalized spacial score (nSPS) is 11.7. The number of nitrogens with one attached hydrogen (secondary N) is 1. The summed E-state index contributed by atoms with van der Waals surface area (Å²) >= 11 is 2.83. The number of carbonyl (C=O) groups is 2. The Kier molecular flexibility index (Phi) is 8.60. The van der Waals surface area contributed by atoms with Crippen LogP contribution in [0.5, 0.6) is 0 Å². The van der Waals surface area contributed by atoms with E-state index in [1.807, 2.05) is 31.2 Å². The summed E-state index contributed by atoms with van der Waals surface area (Å²) in [5.74, 6) is -2.38. The Balaban J connectivity index is 0.00000264. The Morgan fingerprint density at radius 3 is 2.78 bits per heavy atom. The zero-order chi connectivity index (χ0) is 15.9. The number of rotatable bonds is 8. The quantitative estimate of drug-likeness (QED) is 0.407. The van der Waals surface area contributed by atoms with Crippen molar-refractivity contribution in [1.82, 2.24) is 10.3 Å². The molecule has 2 aromatic rings. The van der Waals surface area contributed by atoms with Crippen molar-refractivity contribution in [3.63, 3.8) is 0 Å². The molecule has 2 N–H and O–H groups in total. The number of benzene rings is 1. The number of thiazole rings is 1. The van der Waals surface area contributed by atoms with E-state index in [1.54, 1.807) is 0 Å². The van der Waals surface area contributed by atoms with Gasteiger partial charge in [0.25, 0.3) is 0 Å². The van der Waals surface area contributed by atoms with Crippen molar-refractivity contribution in [2.75, 3.05) is 12.3 Å². The number of carboxylic acid groups (broad SMARTS) is 1. The molecule has 0 bridgehead atoms. The van der Waals surface area contributed by atoms with Gasteiger partial charge in [-0.05, 0) is 18.6 Å². The summed E-state index contributed by atoms with van der Waals surface area (Å²) in [5.41, 5.74) is 0.897. The van der Waals surface area contributed by atoms with Gasteiger partial charge in [-0.1, -0.05) is 37.2 Å². The van der Waals surface area contributed by atoms with Crippen LogP contribution in [0.25, 0.3) is 10.2 Å². The molecule has 1 radical (unpaired) electrons. The van der Waals surface area contributed by atoms with Crippen LogP contribution in [-0.4, -0.2) is 34.3 Å². The topological polar surface area (TPSA) is 79.3 Å². The second-order valence-electron chi connectivity index (χ2n) is 4.79. The van der Waals surface area contributed by atoms with E-state index in [2.05, 4.69) is 10.3 Å². The number of hydrogen-bond acceptors (Lipinski definition) is 5. The molecule has 1 heterocycles. The van der Waals surface area contributed by atoms with Crippen LogP contribution in [0, 0.1) is 5.92 Å². The molecule has 1 aromatic heterocycles. The van der Waals surface area contributed by atoms with Gasteiger partial charge in [0.05, 0.1) is 10.2 Å². The van der Waals surface area contributed by atoms with Crippen LogP contribution in [0.2, 0.25) is 0 Å². The monoisotopic (exact) mass is 397 g/mol. The van der Waals surface area contributed by atoms with Gasteiger partial charge in [0, 0.05) is 29.1 Å². The fraction of sp³-hybridized carbons (Fsp3) is 0.400. The molecule has 0 aliphatic rings. The SMILES string of the molecule is CCCCNC(=O)C(CSc1nc2ccccc2s1)C(=O)O.[Co]. The molecule has 1 unspecified atom stereocenters. The van der Waals surface area contributed by atoms with Crippen molar-refractivity contribution in [3.05, 3.63) is 24.3 Å². The van der Waals surface area contributed by atoms with Gasteiger partial charge in [-0.2, -0.15) is 0 Å². The third-order valence-corrected chi connectivity index (χ3v) is 5.36. The third kappa shape index (κ3) is 5.80. The minimum Gasteiger partial charge on any atom is -0.481 e. The summed E-state index contributed by atoms with van der Waals surface area (Å²) < 4.78 is 1.85. The van der Waals surface area contributed by atoms with E-state index in [-0.39, 0.29) is 22.5 Å². The number of fused-ring (bicyclic) bond motifs is 1. The average Bonchev–Trinajstić information content (AvgIpc) is 2.90. The summed E-state index contributed by atoms with van der Waals surface area (Å²) in [6, 6.07) is 7.75. The number of unbranched alkanes of at least 4 members (excludes halogenated alkanes) is 1. The maximum Gasteiger partial charge on any atom is 0.316 e. The van der Waals surface area contributed by atoms with Gasteiger partial charge in [0.15, 0.2) is 4.34 Å². The van der Waals surface area contributed by atoms with Gasteiger partial charge in [-0.25, -0.2) is 4.98 Å². The number of amides is 1. The molecule has 0 saturated carbocycles. The number of aromatic nitrogens is 1. The van der Waals surface area contributed by atoms with Crippen molar-refractivity contribution in [1.29, 1.82) is 0 Å². The molecule has 5 nitrogen and oxygen atoms in total. The fourth-order valence-corrected chi connectivity index (χ4v) is 4.01. The Morgan fingerprint density at radius 2 is 2.13 bits per heavy atom. The van der Waals surface area contributed by atoms with Crippen LogP contribution in [0.15, 0.2) is 28.6 Å². The molecule has 1 aromatic carbocycles. The Hall–Kier alpha value is -1.09. The van der Waals surface area contributed by atoms with Crippen LogP contribution in [0.4, 0.5) is 0 Å². The second-order valence-corrected chi connectivity index (χ2v) is 7.09. The molecular weight excluding hydrogens is 379 g/mol. The molecule has 23 heavy (non-hydrogen) atoms. The molecule has 0 aliphatic heterocycles. The molecule has 0 spiro atoms.